The van der Waals surface area contributed by atoms with E-state index in [1.165, 1.54) is 0 Å². The Labute approximate surface area is 219 Å². The molecule has 7 nitrogen and oxygen atoms in total. The maximum Gasteiger partial charge on any atom is 0.328 e. The van der Waals surface area contributed by atoms with Crippen LogP contribution in [0, 0.1) is 10.8 Å². The third-order valence-electron chi connectivity index (χ3n) is 8.49. The molecule has 37 heavy (non-hydrogen) atoms. The van der Waals surface area contributed by atoms with E-state index in [0.29, 0.717) is 24.0 Å². The average Bonchev–Trinajstić information content (AvgIpc) is 3.28. The quantitative estimate of drug-likeness (QED) is 0.173. The van der Waals surface area contributed by atoms with Crippen LogP contribution in [0.1, 0.15) is 68.2 Å². The lowest BCUT2D eigenvalue weighted by molar-refractivity contribution is -0.132. The molecule has 0 unspecified atom stereocenters. The molecule has 0 aromatic carbocycles. The molecule has 4 N–H and O–H groups in total. The van der Waals surface area contributed by atoms with Crippen LogP contribution in [0.2, 0.25) is 0 Å². The standard InChI is InChI=1S/C30H40O7/c1-19(13-23(31)32)9-11-29(35)21(3)15-27(17-25(29,5)6)28(37-27)16-22(4)30(36,26(7,8)18-28)12-10-20(2)14-24(33)34/h9-16,35-36H,17-18H2,1-8H3,(H,31,32)(H,33,34)/b11-9+,12-10+,19-13-,20-14-/t27-,28-,29+,30+/m0/s1. The second-order valence-electron chi connectivity index (χ2n) is 12.3. The number of allylic oxidation sites excluding steroid dienone is 4. The van der Waals surface area contributed by atoms with Gasteiger partial charge in [0.1, 0.15) is 22.4 Å². The van der Waals surface area contributed by atoms with Gasteiger partial charge in [0.25, 0.3) is 0 Å². The van der Waals surface area contributed by atoms with Crippen LogP contribution in [0.25, 0.3) is 0 Å². The average molecular weight is 513 g/mol. The number of hydrogen-bond acceptors (Lipinski definition) is 5. The summed E-state index contributed by atoms with van der Waals surface area (Å²) in [5.74, 6) is -2.08. The first kappa shape index (κ1) is 28.8. The molecule has 1 saturated heterocycles. The monoisotopic (exact) mass is 512 g/mol. The number of epoxide rings is 1. The molecule has 202 valence electrons. The highest BCUT2D eigenvalue weighted by molar-refractivity contribution is 5.81. The second kappa shape index (κ2) is 8.93. The maximum atomic E-state index is 11.7. The van der Waals surface area contributed by atoms with E-state index in [4.69, 9.17) is 14.9 Å². The van der Waals surface area contributed by atoms with Crippen molar-refractivity contribution in [1.29, 1.82) is 0 Å². The third kappa shape index (κ3) is 4.80. The third-order valence-corrected chi connectivity index (χ3v) is 8.49. The molecule has 7 heteroatoms. The van der Waals surface area contributed by atoms with Crippen molar-refractivity contribution in [2.75, 3.05) is 0 Å². The number of aliphatic hydroxyl groups is 2. The van der Waals surface area contributed by atoms with Crippen LogP contribution < -0.4 is 0 Å². The van der Waals surface area contributed by atoms with Crippen LogP contribution in [-0.2, 0) is 14.3 Å². The van der Waals surface area contributed by atoms with Crippen LogP contribution in [0.4, 0.5) is 0 Å². The number of ether oxygens (including phenoxy) is 1. The minimum absolute atomic E-state index is 0.522. The van der Waals surface area contributed by atoms with Crippen molar-refractivity contribution in [2.45, 2.75) is 90.6 Å². The van der Waals surface area contributed by atoms with Crippen molar-refractivity contribution in [2.24, 2.45) is 10.8 Å². The predicted molar refractivity (Wildman–Crippen MR) is 142 cm³/mol. The van der Waals surface area contributed by atoms with Gasteiger partial charge in [-0.1, -0.05) is 39.8 Å². The lowest BCUT2D eigenvalue weighted by Crippen LogP contribution is -2.54. The summed E-state index contributed by atoms with van der Waals surface area (Å²) in [7, 11) is 0. The second-order valence-corrected chi connectivity index (χ2v) is 12.3. The molecular weight excluding hydrogens is 472 g/mol. The topological polar surface area (TPSA) is 128 Å². The predicted octanol–water partition coefficient (Wildman–Crippen LogP) is 4.88. The summed E-state index contributed by atoms with van der Waals surface area (Å²) in [4.78, 5) is 22.0. The lowest BCUT2D eigenvalue weighted by Gasteiger charge is -2.49. The summed E-state index contributed by atoms with van der Waals surface area (Å²) in [5.41, 5.74) is -2.64. The van der Waals surface area contributed by atoms with Gasteiger partial charge in [0.15, 0.2) is 0 Å². The highest BCUT2D eigenvalue weighted by Crippen LogP contribution is 2.68. The minimum Gasteiger partial charge on any atom is -0.478 e. The molecule has 4 atom stereocenters. The van der Waals surface area contributed by atoms with Gasteiger partial charge >= 0.3 is 11.9 Å². The van der Waals surface area contributed by atoms with Gasteiger partial charge in [0.2, 0.25) is 0 Å². The SMILES string of the molecule is CC1=C[C@@]2(CC(C)(C)[C@@]1(O)/C=C/C(C)=C\C(=O)O)O[C@]21C=C(C)[C@](O)(/C=C/C(C)=C\C(=O)O)C(C)(C)C1. The Morgan fingerprint density at radius 1 is 0.757 bits per heavy atom. The van der Waals surface area contributed by atoms with E-state index in [1.807, 2.05) is 53.7 Å². The molecule has 1 aliphatic heterocycles. The van der Waals surface area contributed by atoms with E-state index in [9.17, 15) is 19.8 Å². The van der Waals surface area contributed by atoms with Crippen molar-refractivity contribution < 1.29 is 34.8 Å². The van der Waals surface area contributed by atoms with Gasteiger partial charge in [-0.15, -0.1) is 0 Å². The zero-order valence-corrected chi connectivity index (χ0v) is 23.0. The molecule has 0 radical (unpaired) electrons. The molecule has 3 rings (SSSR count). The van der Waals surface area contributed by atoms with Crippen LogP contribution in [0.5, 0.6) is 0 Å². The number of rotatable bonds is 6. The van der Waals surface area contributed by atoms with Crippen LogP contribution >= 0.6 is 0 Å². The van der Waals surface area contributed by atoms with E-state index in [2.05, 4.69) is 0 Å². The molecular formula is C30H40O7. The smallest absolute Gasteiger partial charge is 0.328 e. The van der Waals surface area contributed by atoms with Crippen LogP contribution in [0.3, 0.4) is 0 Å². The highest BCUT2D eigenvalue weighted by Gasteiger charge is 2.75. The van der Waals surface area contributed by atoms with Gasteiger partial charge in [-0.25, -0.2) is 9.59 Å². The number of carboxylic acid groups (broad SMARTS) is 2. The summed E-state index contributed by atoms with van der Waals surface area (Å²) >= 11 is 0. The van der Waals surface area contributed by atoms with Gasteiger partial charge in [-0.3, -0.25) is 0 Å². The van der Waals surface area contributed by atoms with Crippen LogP contribution in [0.15, 0.2) is 70.9 Å². The first-order chi connectivity index (χ1) is 16.7. The van der Waals surface area contributed by atoms with Gasteiger partial charge in [0, 0.05) is 23.0 Å². The number of aliphatic carboxylic acids is 2. The van der Waals surface area contributed by atoms with Crippen molar-refractivity contribution in [3.05, 3.63) is 70.9 Å². The zero-order chi connectivity index (χ0) is 28.2. The van der Waals surface area contributed by atoms with Gasteiger partial charge in [-0.2, -0.15) is 0 Å². The van der Waals surface area contributed by atoms with E-state index in [1.54, 1.807) is 38.2 Å². The molecule has 3 aliphatic rings. The summed E-state index contributed by atoms with van der Waals surface area (Å²) in [5, 5.41) is 41.4. The molecule has 0 aromatic rings. The fourth-order valence-corrected chi connectivity index (χ4v) is 6.35. The Hall–Kier alpha value is -2.74. The van der Waals surface area contributed by atoms with E-state index >= 15 is 0 Å². The fourth-order valence-electron chi connectivity index (χ4n) is 6.35. The Balaban J connectivity index is 2.00. The van der Waals surface area contributed by atoms with E-state index in [0.717, 1.165) is 23.3 Å². The molecule has 1 fully saturated rings. The van der Waals surface area contributed by atoms with Crippen molar-refractivity contribution in [3.63, 3.8) is 0 Å². The Morgan fingerprint density at radius 3 is 1.35 bits per heavy atom. The Kier molecular flexibility index (Phi) is 6.96. The lowest BCUT2D eigenvalue weighted by atomic mass is 9.55. The number of hydrogen-bond donors (Lipinski definition) is 4. The first-order valence-electron chi connectivity index (χ1n) is 12.5. The Bertz CT molecular complexity index is 1100. The van der Waals surface area contributed by atoms with Gasteiger partial charge in [-0.05, 0) is 87.1 Å². The van der Waals surface area contributed by atoms with Crippen molar-refractivity contribution in [1.82, 2.24) is 0 Å². The minimum atomic E-state index is -1.29. The molecule has 0 saturated carbocycles. The maximum absolute atomic E-state index is 11.7. The molecule has 0 amide bonds. The van der Waals surface area contributed by atoms with Crippen molar-refractivity contribution in [3.8, 4) is 0 Å². The van der Waals surface area contributed by atoms with Gasteiger partial charge in [0.05, 0.1) is 0 Å². The van der Waals surface area contributed by atoms with Gasteiger partial charge < -0.3 is 25.2 Å². The highest BCUT2D eigenvalue weighted by atomic mass is 16.6. The summed E-state index contributed by atoms with van der Waals surface area (Å²) < 4.78 is 6.53. The summed E-state index contributed by atoms with van der Waals surface area (Å²) in [6.45, 7) is 15.0. The molecule has 0 aromatic heterocycles. The zero-order valence-electron chi connectivity index (χ0n) is 23.0. The number of fused-ring (bicyclic) bond motifs is 1. The normalized spacial score (nSPS) is 37.2. The largest absolute Gasteiger partial charge is 0.478 e. The number of carboxylic acids is 2. The van der Waals surface area contributed by atoms with Crippen molar-refractivity contribution >= 4 is 11.9 Å². The molecule has 2 aliphatic carbocycles. The summed E-state index contributed by atoms with van der Waals surface area (Å²) in [6.07, 6.45) is 13.8. The molecule has 2 spiro atoms. The van der Waals surface area contributed by atoms with E-state index in [-0.39, 0.29) is 0 Å². The Morgan fingerprint density at radius 2 is 1.08 bits per heavy atom. The fraction of sp³-hybridized carbons (Fsp3) is 0.533. The van der Waals surface area contributed by atoms with Crippen LogP contribution in [-0.4, -0.2) is 54.8 Å². The molecule has 0 bridgehead atoms. The number of carbonyl (C=O) groups is 2. The molecule has 1 heterocycles. The van der Waals surface area contributed by atoms with E-state index < -0.39 is 45.2 Å². The first-order valence-corrected chi connectivity index (χ1v) is 12.5. The summed E-state index contributed by atoms with van der Waals surface area (Å²) in [6, 6.07) is 0.